The largest absolute Gasteiger partial charge is 0.356 e. The Labute approximate surface area is 135 Å². The van der Waals surface area contributed by atoms with Crippen LogP contribution in [-0.4, -0.2) is 23.8 Å². The van der Waals surface area contributed by atoms with Crippen LogP contribution in [0.15, 0.2) is 47.5 Å². The topological polar surface area (TPSA) is 27.6 Å². The summed E-state index contributed by atoms with van der Waals surface area (Å²) in [7, 11) is 0. The first-order chi connectivity index (χ1) is 10.8. The van der Waals surface area contributed by atoms with E-state index in [1.807, 2.05) is 24.3 Å². The second kappa shape index (κ2) is 5.65. The molecule has 1 radical (unpaired) electrons. The summed E-state index contributed by atoms with van der Waals surface area (Å²) >= 11 is 6.16. The number of halogens is 1. The van der Waals surface area contributed by atoms with Crippen molar-refractivity contribution in [2.75, 3.05) is 18.4 Å². The van der Waals surface area contributed by atoms with Gasteiger partial charge in [0.15, 0.2) is 0 Å². The smallest absolute Gasteiger partial charge is 0.138 e. The normalized spacial score (nSPS) is 17.0. The molecular weight excluding hydrogens is 294 g/mol. The number of piperidine rings is 1. The Bertz CT molecular complexity index is 733. The zero-order chi connectivity index (χ0) is 14.9. The lowest BCUT2D eigenvalue weighted by Crippen LogP contribution is -2.36. The quantitative estimate of drug-likeness (QED) is 0.758. The predicted octanol–water partition coefficient (Wildman–Crippen LogP) is 4.78. The Balaban J connectivity index is 1.88. The third kappa shape index (κ3) is 2.46. The summed E-state index contributed by atoms with van der Waals surface area (Å²) in [4.78, 5) is 7.32. The molecule has 2 aliphatic heterocycles. The Hall–Kier alpha value is -2.00. The SMILES string of the molecule is Clc1ccc2c(c1)N=C(N1CC[CH]CC1)c1ccccc1N2. The highest BCUT2D eigenvalue weighted by Crippen LogP contribution is 2.36. The van der Waals surface area contributed by atoms with Gasteiger partial charge in [-0.25, -0.2) is 4.99 Å². The molecule has 1 fully saturated rings. The van der Waals surface area contributed by atoms with E-state index in [4.69, 9.17) is 16.6 Å². The van der Waals surface area contributed by atoms with Crippen LogP contribution in [0.25, 0.3) is 0 Å². The lowest BCUT2D eigenvalue weighted by molar-refractivity contribution is 0.385. The number of hydrogen-bond acceptors (Lipinski definition) is 3. The highest BCUT2D eigenvalue weighted by atomic mass is 35.5. The summed E-state index contributed by atoms with van der Waals surface area (Å²) in [5, 5.41) is 4.20. The van der Waals surface area contributed by atoms with Gasteiger partial charge in [0.1, 0.15) is 5.84 Å². The molecule has 0 amide bonds. The Kier molecular flexibility index (Phi) is 3.51. The zero-order valence-electron chi connectivity index (χ0n) is 12.2. The minimum Gasteiger partial charge on any atom is -0.356 e. The van der Waals surface area contributed by atoms with Crippen molar-refractivity contribution in [2.24, 2.45) is 4.99 Å². The first-order valence-corrected chi connectivity index (χ1v) is 8.00. The number of para-hydroxylation sites is 1. The van der Waals surface area contributed by atoms with Gasteiger partial charge in [0.05, 0.1) is 11.4 Å². The fourth-order valence-corrected chi connectivity index (χ4v) is 3.18. The van der Waals surface area contributed by atoms with Crippen LogP contribution in [0.2, 0.25) is 5.02 Å². The molecule has 0 saturated carbocycles. The molecule has 4 heteroatoms. The summed E-state index contributed by atoms with van der Waals surface area (Å²) in [5.74, 6) is 1.04. The van der Waals surface area contributed by atoms with Crippen molar-refractivity contribution in [1.29, 1.82) is 0 Å². The second-order valence-electron chi connectivity index (χ2n) is 5.62. The molecule has 0 atom stereocenters. The van der Waals surface area contributed by atoms with Gasteiger partial charge in [0.25, 0.3) is 0 Å². The number of fused-ring (bicyclic) bond motifs is 2. The number of nitrogens with one attached hydrogen (secondary N) is 1. The standard InChI is InChI=1S/C18H17ClN3/c19-13-8-9-16-17(12-13)21-18(22-10-4-1-5-11-22)14-6-2-3-7-15(14)20-16/h1-3,6-9,12,20H,4-5,10-11H2. The average Bonchev–Trinajstić information content (AvgIpc) is 2.72. The molecule has 0 aromatic heterocycles. The maximum absolute atomic E-state index is 6.16. The summed E-state index contributed by atoms with van der Waals surface area (Å²) in [5.41, 5.74) is 4.14. The molecule has 0 unspecified atom stereocenters. The van der Waals surface area contributed by atoms with Crippen LogP contribution >= 0.6 is 11.6 Å². The number of likely N-dealkylation sites (tertiary alicyclic amines) is 1. The molecule has 2 aromatic carbocycles. The Morgan fingerprint density at radius 3 is 2.68 bits per heavy atom. The van der Waals surface area contributed by atoms with Gasteiger partial charge in [-0.1, -0.05) is 23.7 Å². The molecule has 111 valence electrons. The molecule has 2 aromatic rings. The number of amidine groups is 1. The summed E-state index contributed by atoms with van der Waals surface area (Å²) < 4.78 is 0. The Morgan fingerprint density at radius 1 is 1.00 bits per heavy atom. The van der Waals surface area contributed by atoms with Crippen LogP contribution in [0, 0.1) is 6.42 Å². The molecule has 1 saturated heterocycles. The van der Waals surface area contributed by atoms with Crippen LogP contribution in [-0.2, 0) is 0 Å². The zero-order valence-corrected chi connectivity index (χ0v) is 13.0. The number of aliphatic imine (C=N–C) groups is 1. The fraction of sp³-hybridized carbons (Fsp3) is 0.222. The lowest BCUT2D eigenvalue weighted by Gasteiger charge is -2.30. The average molecular weight is 311 g/mol. The summed E-state index contributed by atoms with van der Waals surface area (Å²) in [6, 6.07) is 14.2. The molecule has 0 bridgehead atoms. The number of anilines is 2. The van der Waals surface area contributed by atoms with E-state index in [-0.39, 0.29) is 0 Å². The first-order valence-electron chi connectivity index (χ1n) is 7.62. The van der Waals surface area contributed by atoms with Crippen molar-refractivity contribution < 1.29 is 0 Å². The van der Waals surface area contributed by atoms with Crippen LogP contribution in [0.4, 0.5) is 17.1 Å². The molecule has 0 aliphatic carbocycles. The van der Waals surface area contributed by atoms with Gasteiger partial charge in [-0.15, -0.1) is 0 Å². The van der Waals surface area contributed by atoms with Gasteiger partial charge in [-0.2, -0.15) is 0 Å². The number of nitrogens with zero attached hydrogens (tertiary/aromatic N) is 2. The van der Waals surface area contributed by atoms with Crippen molar-refractivity contribution in [3.05, 3.63) is 59.5 Å². The molecule has 4 rings (SSSR count). The van der Waals surface area contributed by atoms with Crippen molar-refractivity contribution in [1.82, 2.24) is 4.90 Å². The van der Waals surface area contributed by atoms with Gasteiger partial charge in [0.2, 0.25) is 0 Å². The molecular formula is C18H17ClN3. The predicted molar refractivity (Wildman–Crippen MR) is 92.5 cm³/mol. The highest BCUT2D eigenvalue weighted by Gasteiger charge is 2.22. The molecule has 2 heterocycles. The minimum atomic E-state index is 0.710. The maximum Gasteiger partial charge on any atom is 0.138 e. The fourth-order valence-electron chi connectivity index (χ4n) is 3.01. The van der Waals surface area contributed by atoms with Crippen LogP contribution in [0.1, 0.15) is 18.4 Å². The van der Waals surface area contributed by atoms with E-state index in [9.17, 15) is 0 Å². The van der Waals surface area contributed by atoms with E-state index >= 15 is 0 Å². The number of rotatable bonds is 0. The third-order valence-electron chi connectivity index (χ3n) is 4.13. The molecule has 3 nitrogen and oxygen atoms in total. The summed E-state index contributed by atoms with van der Waals surface area (Å²) in [6.45, 7) is 2.03. The van der Waals surface area contributed by atoms with E-state index < -0.39 is 0 Å². The Morgan fingerprint density at radius 2 is 1.82 bits per heavy atom. The monoisotopic (exact) mass is 310 g/mol. The van der Waals surface area contributed by atoms with E-state index in [0.29, 0.717) is 5.02 Å². The third-order valence-corrected chi connectivity index (χ3v) is 4.36. The van der Waals surface area contributed by atoms with E-state index in [1.54, 1.807) is 0 Å². The van der Waals surface area contributed by atoms with E-state index in [1.165, 1.54) is 0 Å². The van der Waals surface area contributed by atoms with Gasteiger partial charge in [-0.3, -0.25) is 0 Å². The second-order valence-corrected chi connectivity index (χ2v) is 6.06. The molecule has 22 heavy (non-hydrogen) atoms. The van der Waals surface area contributed by atoms with E-state index in [0.717, 1.165) is 54.4 Å². The van der Waals surface area contributed by atoms with Crippen molar-refractivity contribution in [2.45, 2.75) is 12.8 Å². The van der Waals surface area contributed by atoms with Crippen LogP contribution < -0.4 is 5.32 Å². The van der Waals surface area contributed by atoms with Crippen LogP contribution in [0.3, 0.4) is 0 Å². The lowest BCUT2D eigenvalue weighted by atomic mass is 10.1. The molecule has 2 aliphatic rings. The van der Waals surface area contributed by atoms with Crippen molar-refractivity contribution in [3.63, 3.8) is 0 Å². The number of benzene rings is 2. The van der Waals surface area contributed by atoms with Crippen molar-refractivity contribution in [3.8, 4) is 0 Å². The van der Waals surface area contributed by atoms with Gasteiger partial charge in [-0.05, 0) is 49.6 Å². The summed E-state index contributed by atoms with van der Waals surface area (Å²) in [6.07, 6.45) is 4.57. The van der Waals surface area contributed by atoms with Crippen molar-refractivity contribution >= 4 is 34.5 Å². The van der Waals surface area contributed by atoms with Crippen LogP contribution in [0.5, 0.6) is 0 Å². The first kappa shape index (κ1) is 13.6. The highest BCUT2D eigenvalue weighted by molar-refractivity contribution is 6.31. The maximum atomic E-state index is 6.16. The molecule has 1 N–H and O–H groups in total. The minimum absolute atomic E-state index is 0.710. The van der Waals surface area contributed by atoms with Gasteiger partial charge < -0.3 is 10.2 Å². The number of hydrogen-bond donors (Lipinski definition) is 1. The molecule has 0 spiro atoms. The van der Waals surface area contributed by atoms with E-state index in [2.05, 4.69) is 34.8 Å². The van der Waals surface area contributed by atoms with Gasteiger partial charge in [0, 0.05) is 29.4 Å². The van der Waals surface area contributed by atoms with Gasteiger partial charge >= 0.3 is 0 Å².